The average Bonchev–Trinajstić information content (AvgIpc) is 2.56. The number of nitrogens with zero attached hydrogens (tertiary/aromatic N) is 1. The third-order valence-corrected chi connectivity index (χ3v) is 2.39. The van der Waals surface area contributed by atoms with Gasteiger partial charge in [-0.3, -0.25) is 10.3 Å². The maximum Gasteiger partial charge on any atom is 0.324 e. The number of hydrogen-bond donors (Lipinski definition) is 2. The molecule has 0 bridgehead atoms. The molecule has 5 heteroatoms. The Labute approximate surface area is 88.2 Å². The number of aliphatic imine (C=N–C) groups is 1. The largest absolute Gasteiger partial charge is 0.324 e. The van der Waals surface area contributed by atoms with Crippen LogP contribution < -0.4 is 10.6 Å². The number of urea groups is 1. The molecule has 2 N–H and O–H groups in total. The van der Waals surface area contributed by atoms with Crippen molar-refractivity contribution >= 4 is 23.0 Å². The number of amides is 2. The number of carbonyl (C=O) groups excluding carboxylic acids is 1. The molecule has 0 aromatic rings. The Bertz CT molecular complexity index is 261. The van der Waals surface area contributed by atoms with E-state index in [0.29, 0.717) is 11.1 Å². The van der Waals surface area contributed by atoms with E-state index in [0.717, 1.165) is 12.3 Å². The number of nitrogens with one attached hydrogen (secondary N) is 2. The molecular weight excluding hydrogens is 198 g/mol. The van der Waals surface area contributed by atoms with Gasteiger partial charge in [0.2, 0.25) is 0 Å². The summed E-state index contributed by atoms with van der Waals surface area (Å²) >= 11 is 1.56. The lowest BCUT2D eigenvalue weighted by molar-refractivity contribution is 0.248. The minimum atomic E-state index is -0.227. The van der Waals surface area contributed by atoms with E-state index < -0.39 is 0 Å². The van der Waals surface area contributed by atoms with Crippen molar-refractivity contribution in [1.82, 2.24) is 10.6 Å². The highest BCUT2D eigenvalue weighted by Crippen LogP contribution is 2.08. The predicted octanol–water partition coefficient (Wildman–Crippen LogP) is 1.56. The van der Waals surface area contributed by atoms with E-state index in [1.54, 1.807) is 18.0 Å². The van der Waals surface area contributed by atoms with Crippen molar-refractivity contribution < 1.29 is 4.79 Å². The van der Waals surface area contributed by atoms with Gasteiger partial charge in [-0.25, -0.2) is 4.79 Å². The van der Waals surface area contributed by atoms with Crippen molar-refractivity contribution in [3.8, 4) is 0 Å². The van der Waals surface area contributed by atoms with Gasteiger partial charge in [-0.05, 0) is 5.92 Å². The second kappa shape index (κ2) is 5.70. The highest BCUT2D eigenvalue weighted by atomic mass is 32.2. The van der Waals surface area contributed by atoms with Gasteiger partial charge in [0, 0.05) is 12.0 Å². The monoisotopic (exact) mass is 213 g/mol. The maximum atomic E-state index is 11.2. The normalized spacial score (nSPS) is 16.1. The summed E-state index contributed by atoms with van der Waals surface area (Å²) in [5.74, 6) is 1.39. The SMILES string of the molecule is CC(C)/C=C/NC(=O)NC1=NCCS1. The van der Waals surface area contributed by atoms with Gasteiger partial charge in [0.15, 0.2) is 5.17 Å². The number of allylic oxidation sites excluding steroid dienone is 1. The molecule has 78 valence electrons. The Hall–Kier alpha value is -0.970. The maximum absolute atomic E-state index is 11.2. The fraction of sp³-hybridized carbons (Fsp3) is 0.556. The van der Waals surface area contributed by atoms with Gasteiger partial charge < -0.3 is 5.32 Å². The first kappa shape index (κ1) is 11.1. The van der Waals surface area contributed by atoms with Crippen LogP contribution in [-0.4, -0.2) is 23.5 Å². The predicted molar refractivity (Wildman–Crippen MR) is 60.4 cm³/mol. The molecule has 0 spiro atoms. The Morgan fingerprint density at radius 3 is 3.00 bits per heavy atom. The molecule has 2 amide bonds. The van der Waals surface area contributed by atoms with Crippen LogP contribution in [-0.2, 0) is 0 Å². The number of rotatable bonds is 2. The molecule has 1 aliphatic heterocycles. The fourth-order valence-electron chi connectivity index (χ4n) is 0.860. The van der Waals surface area contributed by atoms with Gasteiger partial charge in [0.1, 0.15) is 0 Å². The smallest absolute Gasteiger partial charge is 0.315 e. The van der Waals surface area contributed by atoms with Crippen molar-refractivity contribution in [3.05, 3.63) is 12.3 Å². The van der Waals surface area contributed by atoms with Crippen LogP contribution in [0.1, 0.15) is 13.8 Å². The van der Waals surface area contributed by atoms with Gasteiger partial charge in [0.05, 0.1) is 6.54 Å². The molecule has 0 saturated heterocycles. The van der Waals surface area contributed by atoms with Crippen molar-refractivity contribution in [1.29, 1.82) is 0 Å². The van der Waals surface area contributed by atoms with E-state index in [9.17, 15) is 4.79 Å². The molecule has 0 aliphatic carbocycles. The standard InChI is InChI=1S/C9H15N3OS/c1-7(2)3-4-10-8(13)12-9-11-5-6-14-9/h3-4,7H,5-6H2,1-2H3,(H2,10,11,12,13)/b4-3+. The molecule has 0 saturated carbocycles. The quantitative estimate of drug-likeness (QED) is 0.731. The van der Waals surface area contributed by atoms with E-state index in [2.05, 4.69) is 15.6 Å². The zero-order chi connectivity index (χ0) is 10.4. The number of amidine groups is 1. The molecule has 14 heavy (non-hydrogen) atoms. The van der Waals surface area contributed by atoms with E-state index in [1.807, 2.05) is 19.9 Å². The summed E-state index contributed by atoms with van der Waals surface area (Å²) in [5, 5.41) is 5.99. The van der Waals surface area contributed by atoms with Gasteiger partial charge >= 0.3 is 6.03 Å². The van der Waals surface area contributed by atoms with Gasteiger partial charge in [0.25, 0.3) is 0 Å². The van der Waals surface area contributed by atoms with E-state index >= 15 is 0 Å². The first-order valence-electron chi connectivity index (χ1n) is 4.60. The molecule has 1 aliphatic rings. The third kappa shape index (κ3) is 4.32. The number of hydrogen-bond acceptors (Lipinski definition) is 3. The molecular formula is C9H15N3OS. The summed E-state index contributed by atoms with van der Waals surface area (Å²) in [6.45, 7) is 4.89. The Morgan fingerprint density at radius 1 is 1.64 bits per heavy atom. The lowest BCUT2D eigenvalue weighted by atomic mass is 10.2. The summed E-state index contributed by atoms with van der Waals surface area (Å²) in [5.41, 5.74) is 0. The Balaban J connectivity index is 2.22. The minimum absolute atomic E-state index is 0.227. The summed E-state index contributed by atoms with van der Waals surface area (Å²) in [6.07, 6.45) is 3.57. The van der Waals surface area contributed by atoms with Crippen molar-refractivity contribution in [2.45, 2.75) is 13.8 Å². The average molecular weight is 213 g/mol. The Kier molecular flexibility index (Phi) is 4.52. The third-order valence-electron chi connectivity index (χ3n) is 1.50. The van der Waals surface area contributed by atoms with Crippen LogP contribution in [0.5, 0.6) is 0 Å². The summed E-state index contributed by atoms with van der Waals surface area (Å²) in [6, 6.07) is -0.227. The summed E-state index contributed by atoms with van der Waals surface area (Å²) in [7, 11) is 0. The van der Waals surface area contributed by atoms with Crippen molar-refractivity contribution in [3.63, 3.8) is 0 Å². The van der Waals surface area contributed by atoms with Crippen LogP contribution in [0.15, 0.2) is 17.3 Å². The lowest BCUT2D eigenvalue weighted by Gasteiger charge is -2.02. The number of thioether (sulfide) groups is 1. The first-order chi connectivity index (χ1) is 6.68. The van der Waals surface area contributed by atoms with Crippen molar-refractivity contribution in [2.24, 2.45) is 10.9 Å². The highest BCUT2D eigenvalue weighted by Gasteiger charge is 2.08. The van der Waals surface area contributed by atoms with Gasteiger partial charge in [-0.2, -0.15) is 0 Å². The molecule has 0 unspecified atom stereocenters. The van der Waals surface area contributed by atoms with E-state index in [1.165, 1.54) is 0 Å². The molecule has 0 aromatic heterocycles. The van der Waals surface area contributed by atoms with Crippen LogP contribution in [0.2, 0.25) is 0 Å². The van der Waals surface area contributed by atoms with Crippen molar-refractivity contribution in [2.75, 3.05) is 12.3 Å². The summed E-state index contributed by atoms with van der Waals surface area (Å²) < 4.78 is 0. The summed E-state index contributed by atoms with van der Waals surface area (Å²) in [4.78, 5) is 15.3. The second-order valence-electron chi connectivity index (χ2n) is 3.24. The highest BCUT2D eigenvalue weighted by molar-refractivity contribution is 8.14. The molecule has 0 radical (unpaired) electrons. The molecule has 0 fully saturated rings. The number of carbonyl (C=O) groups is 1. The van der Waals surface area contributed by atoms with Crippen LogP contribution in [0, 0.1) is 5.92 Å². The second-order valence-corrected chi connectivity index (χ2v) is 4.32. The lowest BCUT2D eigenvalue weighted by Crippen LogP contribution is -2.34. The molecule has 1 heterocycles. The van der Waals surface area contributed by atoms with Gasteiger partial charge in [-0.15, -0.1) is 0 Å². The van der Waals surface area contributed by atoms with E-state index in [-0.39, 0.29) is 6.03 Å². The molecule has 0 atom stereocenters. The van der Waals surface area contributed by atoms with Crippen LogP contribution in [0.4, 0.5) is 4.79 Å². The first-order valence-corrected chi connectivity index (χ1v) is 5.58. The fourth-order valence-corrected chi connectivity index (χ4v) is 1.58. The molecule has 1 rings (SSSR count). The van der Waals surface area contributed by atoms with Gasteiger partial charge in [-0.1, -0.05) is 31.7 Å². The van der Waals surface area contributed by atoms with Crippen LogP contribution in [0.25, 0.3) is 0 Å². The molecule has 0 aromatic carbocycles. The van der Waals surface area contributed by atoms with E-state index in [4.69, 9.17) is 0 Å². The zero-order valence-corrected chi connectivity index (χ0v) is 9.23. The minimum Gasteiger partial charge on any atom is -0.315 e. The Morgan fingerprint density at radius 2 is 2.43 bits per heavy atom. The van der Waals surface area contributed by atoms with Crippen LogP contribution >= 0.6 is 11.8 Å². The molecule has 4 nitrogen and oxygen atoms in total. The zero-order valence-electron chi connectivity index (χ0n) is 8.41. The topological polar surface area (TPSA) is 53.5 Å². The van der Waals surface area contributed by atoms with Crippen LogP contribution in [0.3, 0.4) is 0 Å².